The highest BCUT2D eigenvalue weighted by Crippen LogP contribution is 2.23. The summed E-state index contributed by atoms with van der Waals surface area (Å²) in [5.41, 5.74) is 1.29. The molecule has 0 saturated carbocycles. The van der Waals surface area contributed by atoms with Crippen LogP contribution in [0.25, 0.3) is 0 Å². The van der Waals surface area contributed by atoms with Crippen LogP contribution in [0.3, 0.4) is 0 Å². The van der Waals surface area contributed by atoms with Crippen molar-refractivity contribution in [2.24, 2.45) is 5.92 Å². The Balaban J connectivity index is 2.54. The smallest absolute Gasteiger partial charge is 0.312 e. The van der Waals surface area contributed by atoms with E-state index in [4.69, 9.17) is 4.74 Å². The maximum absolute atomic E-state index is 11.6. The zero-order valence-corrected chi connectivity index (χ0v) is 9.92. The second kappa shape index (κ2) is 6.65. The van der Waals surface area contributed by atoms with Gasteiger partial charge >= 0.3 is 5.97 Å². The number of carbonyl (C=O) groups is 1. The Hall–Kier alpha value is -0.790. The third-order valence-corrected chi connectivity index (χ3v) is 3.02. The molecular weight excluding hydrogens is 188 g/mol. The van der Waals surface area contributed by atoms with Crippen LogP contribution in [0, 0.1) is 5.92 Å². The summed E-state index contributed by atoms with van der Waals surface area (Å²) in [4.78, 5) is 11.6. The number of esters is 1. The van der Waals surface area contributed by atoms with Crippen LogP contribution in [0.4, 0.5) is 0 Å². The summed E-state index contributed by atoms with van der Waals surface area (Å²) >= 11 is 0. The summed E-state index contributed by atoms with van der Waals surface area (Å²) in [5.74, 6) is -0.104. The molecule has 0 aromatic heterocycles. The van der Waals surface area contributed by atoms with Crippen LogP contribution < -0.4 is 0 Å². The largest absolute Gasteiger partial charge is 0.466 e. The van der Waals surface area contributed by atoms with Crippen LogP contribution >= 0.6 is 0 Å². The van der Waals surface area contributed by atoms with Gasteiger partial charge in [-0.25, -0.2) is 0 Å². The maximum atomic E-state index is 11.6. The molecule has 0 aliphatic heterocycles. The number of rotatable bonds is 3. The molecule has 1 aliphatic rings. The van der Waals surface area contributed by atoms with Gasteiger partial charge in [0.2, 0.25) is 0 Å². The van der Waals surface area contributed by atoms with Crippen LogP contribution in [0.5, 0.6) is 0 Å². The fourth-order valence-electron chi connectivity index (χ4n) is 2.03. The highest BCUT2D eigenvalue weighted by Gasteiger charge is 2.18. The van der Waals surface area contributed by atoms with Crippen molar-refractivity contribution in [2.75, 3.05) is 6.61 Å². The molecule has 0 aromatic rings. The van der Waals surface area contributed by atoms with E-state index in [0.717, 1.165) is 12.8 Å². The number of allylic oxidation sites excluding steroid dienone is 1. The number of hydrogen-bond acceptors (Lipinski definition) is 2. The van der Waals surface area contributed by atoms with Gasteiger partial charge in [0.05, 0.1) is 12.5 Å². The molecule has 0 N–H and O–H groups in total. The predicted octanol–water partition coefficient (Wildman–Crippen LogP) is 3.47. The summed E-state index contributed by atoms with van der Waals surface area (Å²) in [5, 5.41) is 0. The first-order valence-electron chi connectivity index (χ1n) is 6.11. The molecular formula is C13H22O2. The van der Waals surface area contributed by atoms with Gasteiger partial charge in [0.1, 0.15) is 0 Å². The Morgan fingerprint density at radius 2 is 2.13 bits per heavy atom. The average molecular weight is 210 g/mol. The zero-order valence-electron chi connectivity index (χ0n) is 9.92. The summed E-state index contributed by atoms with van der Waals surface area (Å²) in [6.07, 6.45) is 9.55. The standard InChI is InChI=1S/C13H22O2/c1-3-15-13(14)11(2)12-9-7-5-4-6-8-10-12/h9,11H,3-8,10H2,1-2H3/b12-9+. The lowest BCUT2D eigenvalue weighted by Crippen LogP contribution is -2.17. The van der Waals surface area contributed by atoms with Crippen molar-refractivity contribution in [3.05, 3.63) is 11.6 Å². The van der Waals surface area contributed by atoms with Gasteiger partial charge in [-0.3, -0.25) is 4.79 Å². The molecule has 0 radical (unpaired) electrons. The Morgan fingerprint density at radius 1 is 1.40 bits per heavy atom. The first-order chi connectivity index (χ1) is 7.25. The van der Waals surface area contributed by atoms with Gasteiger partial charge in [-0.1, -0.05) is 24.5 Å². The van der Waals surface area contributed by atoms with Gasteiger partial charge < -0.3 is 4.74 Å². The van der Waals surface area contributed by atoms with Crippen molar-refractivity contribution in [3.8, 4) is 0 Å². The first-order valence-corrected chi connectivity index (χ1v) is 6.11. The summed E-state index contributed by atoms with van der Waals surface area (Å²) in [7, 11) is 0. The lowest BCUT2D eigenvalue weighted by molar-refractivity contribution is -0.146. The van der Waals surface area contributed by atoms with Crippen molar-refractivity contribution >= 4 is 5.97 Å². The van der Waals surface area contributed by atoms with E-state index in [9.17, 15) is 4.79 Å². The molecule has 0 saturated heterocycles. The Bertz CT molecular complexity index is 231. The zero-order chi connectivity index (χ0) is 11.1. The van der Waals surface area contributed by atoms with Gasteiger partial charge in [-0.2, -0.15) is 0 Å². The molecule has 15 heavy (non-hydrogen) atoms. The summed E-state index contributed by atoms with van der Waals surface area (Å²) < 4.78 is 5.05. The molecule has 2 heteroatoms. The van der Waals surface area contributed by atoms with Gasteiger partial charge in [-0.05, 0) is 39.5 Å². The van der Waals surface area contributed by atoms with Crippen molar-refractivity contribution < 1.29 is 9.53 Å². The molecule has 2 nitrogen and oxygen atoms in total. The minimum atomic E-state index is -0.0654. The number of hydrogen-bond donors (Lipinski definition) is 0. The monoisotopic (exact) mass is 210 g/mol. The van der Waals surface area contributed by atoms with Crippen LogP contribution in [0.2, 0.25) is 0 Å². The predicted molar refractivity (Wildman–Crippen MR) is 61.6 cm³/mol. The third-order valence-electron chi connectivity index (χ3n) is 3.02. The van der Waals surface area contributed by atoms with E-state index in [2.05, 4.69) is 6.08 Å². The Kier molecular flexibility index (Phi) is 5.44. The van der Waals surface area contributed by atoms with E-state index in [1.807, 2.05) is 13.8 Å². The first kappa shape index (κ1) is 12.3. The number of ether oxygens (including phenoxy) is 1. The minimum absolute atomic E-state index is 0.0388. The topological polar surface area (TPSA) is 26.3 Å². The fourth-order valence-corrected chi connectivity index (χ4v) is 2.03. The second-order valence-electron chi connectivity index (χ2n) is 4.21. The molecule has 1 atom stereocenters. The normalized spacial score (nSPS) is 23.2. The van der Waals surface area contributed by atoms with Gasteiger partial charge in [0, 0.05) is 0 Å². The van der Waals surface area contributed by atoms with E-state index in [1.165, 1.54) is 31.3 Å². The average Bonchev–Trinajstić information content (AvgIpc) is 2.16. The maximum Gasteiger partial charge on any atom is 0.312 e. The van der Waals surface area contributed by atoms with Crippen LogP contribution in [-0.4, -0.2) is 12.6 Å². The van der Waals surface area contributed by atoms with Crippen LogP contribution in [-0.2, 0) is 9.53 Å². The lowest BCUT2D eigenvalue weighted by Gasteiger charge is -2.16. The molecule has 1 aliphatic carbocycles. The highest BCUT2D eigenvalue weighted by molar-refractivity contribution is 5.75. The Morgan fingerprint density at radius 3 is 2.87 bits per heavy atom. The summed E-state index contributed by atoms with van der Waals surface area (Å²) in [6.45, 7) is 4.30. The molecule has 86 valence electrons. The third kappa shape index (κ3) is 4.06. The molecule has 0 amide bonds. The van der Waals surface area contributed by atoms with E-state index < -0.39 is 0 Å². The molecule has 0 heterocycles. The quantitative estimate of drug-likeness (QED) is 0.526. The minimum Gasteiger partial charge on any atom is -0.466 e. The van der Waals surface area contributed by atoms with E-state index in [1.54, 1.807) is 0 Å². The summed E-state index contributed by atoms with van der Waals surface area (Å²) in [6, 6.07) is 0. The lowest BCUT2D eigenvalue weighted by atomic mass is 9.91. The molecule has 0 spiro atoms. The molecule has 0 bridgehead atoms. The van der Waals surface area contributed by atoms with Gasteiger partial charge in [0.15, 0.2) is 0 Å². The van der Waals surface area contributed by atoms with Crippen LogP contribution in [0.1, 0.15) is 52.4 Å². The molecule has 0 fully saturated rings. The Labute approximate surface area is 92.7 Å². The van der Waals surface area contributed by atoms with E-state index in [-0.39, 0.29) is 11.9 Å². The molecule has 0 aromatic carbocycles. The molecule has 1 unspecified atom stereocenters. The van der Waals surface area contributed by atoms with Gasteiger partial charge in [-0.15, -0.1) is 0 Å². The van der Waals surface area contributed by atoms with Crippen molar-refractivity contribution in [1.82, 2.24) is 0 Å². The molecule has 1 rings (SSSR count). The fraction of sp³-hybridized carbons (Fsp3) is 0.769. The highest BCUT2D eigenvalue weighted by atomic mass is 16.5. The van der Waals surface area contributed by atoms with E-state index in [0.29, 0.717) is 6.61 Å². The van der Waals surface area contributed by atoms with E-state index >= 15 is 0 Å². The van der Waals surface area contributed by atoms with Crippen molar-refractivity contribution in [3.63, 3.8) is 0 Å². The van der Waals surface area contributed by atoms with Crippen molar-refractivity contribution in [1.29, 1.82) is 0 Å². The number of carbonyl (C=O) groups excluding carboxylic acids is 1. The SMILES string of the molecule is CCOC(=O)C(C)/C1=C/CCCCCC1. The second-order valence-corrected chi connectivity index (χ2v) is 4.21. The van der Waals surface area contributed by atoms with Gasteiger partial charge in [0.25, 0.3) is 0 Å². The van der Waals surface area contributed by atoms with Crippen molar-refractivity contribution in [2.45, 2.75) is 52.4 Å². The van der Waals surface area contributed by atoms with Crippen LogP contribution in [0.15, 0.2) is 11.6 Å².